The van der Waals surface area contributed by atoms with E-state index in [4.69, 9.17) is 5.73 Å². The van der Waals surface area contributed by atoms with Crippen LogP contribution in [0.5, 0.6) is 0 Å². The number of nitrogens with one attached hydrogen (secondary N) is 1. The zero-order valence-electron chi connectivity index (χ0n) is 24.0. The summed E-state index contributed by atoms with van der Waals surface area (Å²) in [6.45, 7) is 7.64. The summed E-state index contributed by atoms with van der Waals surface area (Å²) in [5, 5.41) is 21.8. The topological polar surface area (TPSA) is 143 Å². The lowest BCUT2D eigenvalue weighted by molar-refractivity contribution is -0.144. The van der Waals surface area contributed by atoms with Gasteiger partial charge in [0.05, 0.1) is 11.8 Å². The second-order valence-electron chi connectivity index (χ2n) is 12.0. The van der Waals surface area contributed by atoms with Crippen LogP contribution in [0, 0.1) is 5.41 Å². The van der Waals surface area contributed by atoms with Crippen molar-refractivity contribution in [3.8, 4) is 11.1 Å². The molecule has 0 radical (unpaired) electrons. The van der Waals surface area contributed by atoms with Crippen LogP contribution in [0.1, 0.15) is 56.3 Å². The molecule has 0 spiro atoms. The number of aromatic nitrogens is 3. The van der Waals surface area contributed by atoms with Crippen molar-refractivity contribution < 1.29 is 19.5 Å². The summed E-state index contributed by atoms with van der Waals surface area (Å²) in [5.74, 6) is -1.26. The van der Waals surface area contributed by atoms with Gasteiger partial charge in [-0.15, -0.1) is 11.7 Å². The van der Waals surface area contributed by atoms with E-state index in [-0.39, 0.29) is 25.3 Å². The van der Waals surface area contributed by atoms with E-state index in [2.05, 4.69) is 22.2 Å². The van der Waals surface area contributed by atoms with E-state index in [1.807, 2.05) is 68.4 Å². The number of aliphatic hydroxyl groups is 1. The highest BCUT2D eigenvalue weighted by Crippen LogP contribution is 2.40. The first-order chi connectivity index (χ1) is 20.1. The van der Waals surface area contributed by atoms with E-state index in [9.17, 15) is 19.5 Å². The molecule has 1 aromatic heterocycles. The Hall–Kier alpha value is -4.31. The van der Waals surface area contributed by atoms with Crippen LogP contribution in [0.25, 0.3) is 11.1 Å². The third-order valence-corrected chi connectivity index (χ3v) is 8.28. The molecule has 1 saturated carbocycles. The Labute approximate surface area is 245 Å². The largest absolute Gasteiger partial charge is 0.391 e. The molecule has 2 aliphatic rings. The van der Waals surface area contributed by atoms with Gasteiger partial charge in [0.1, 0.15) is 18.1 Å². The summed E-state index contributed by atoms with van der Waals surface area (Å²) >= 11 is 0. The molecule has 0 bridgehead atoms. The van der Waals surface area contributed by atoms with Gasteiger partial charge in [-0.25, -0.2) is 4.68 Å². The SMILES string of the molecule is C=CC(C)(C)C(C(=O)N1C[C@H](O)C[C@H]1C(=O)NC(Cc1ccc(-c2ccccc2)cc1)C(N)=O)n1cc(C2CC2)nn1. The van der Waals surface area contributed by atoms with Crippen LogP contribution in [-0.4, -0.2) is 67.5 Å². The van der Waals surface area contributed by atoms with E-state index in [0.29, 0.717) is 5.92 Å². The molecule has 10 heteroatoms. The maximum absolute atomic E-state index is 14.1. The summed E-state index contributed by atoms with van der Waals surface area (Å²) < 4.78 is 1.54. The quantitative estimate of drug-likeness (QED) is 0.303. The van der Waals surface area contributed by atoms with Gasteiger partial charge in [0.2, 0.25) is 17.7 Å². The van der Waals surface area contributed by atoms with Crippen LogP contribution in [0.4, 0.5) is 0 Å². The number of nitrogens with zero attached hydrogens (tertiary/aromatic N) is 4. The number of primary amides is 1. The molecule has 220 valence electrons. The van der Waals surface area contributed by atoms with Crippen molar-refractivity contribution in [1.29, 1.82) is 0 Å². The normalized spacial score (nSPS) is 20.1. The highest BCUT2D eigenvalue weighted by Gasteiger charge is 2.46. The van der Waals surface area contributed by atoms with Gasteiger partial charge in [-0.1, -0.05) is 79.7 Å². The summed E-state index contributed by atoms with van der Waals surface area (Å²) in [5.41, 5.74) is 8.72. The lowest BCUT2D eigenvalue weighted by Gasteiger charge is -2.35. The smallest absolute Gasteiger partial charge is 0.249 e. The number of nitrogens with two attached hydrogens (primary N) is 1. The number of likely N-dealkylation sites (tertiary alicyclic amines) is 1. The van der Waals surface area contributed by atoms with Crippen molar-refractivity contribution in [2.75, 3.05) is 6.54 Å². The minimum absolute atomic E-state index is 0.0208. The monoisotopic (exact) mass is 570 g/mol. The van der Waals surface area contributed by atoms with Crippen molar-refractivity contribution in [1.82, 2.24) is 25.2 Å². The third kappa shape index (κ3) is 6.28. The van der Waals surface area contributed by atoms with Crippen molar-refractivity contribution in [2.45, 2.75) is 69.7 Å². The van der Waals surface area contributed by atoms with Crippen LogP contribution in [0.3, 0.4) is 0 Å². The zero-order valence-corrected chi connectivity index (χ0v) is 24.0. The van der Waals surface area contributed by atoms with Gasteiger partial charge in [0.15, 0.2) is 0 Å². The lowest BCUT2D eigenvalue weighted by Crippen LogP contribution is -2.54. The Bertz CT molecular complexity index is 1450. The first kappa shape index (κ1) is 29.2. The Kier molecular flexibility index (Phi) is 8.27. The molecule has 5 rings (SSSR count). The maximum Gasteiger partial charge on any atom is 0.249 e. The predicted molar refractivity (Wildman–Crippen MR) is 158 cm³/mol. The molecule has 2 aromatic carbocycles. The van der Waals surface area contributed by atoms with Crippen molar-refractivity contribution in [3.05, 3.63) is 84.7 Å². The van der Waals surface area contributed by atoms with Gasteiger partial charge in [-0.3, -0.25) is 14.4 Å². The average Bonchev–Trinajstić information content (AvgIpc) is 3.59. The Balaban J connectivity index is 1.32. The second-order valence-corrected chi connectivity index (χ2v) is 12.0. The molecule has 2 unspecified atom stereocenters. The molecule has 4 atom stereocenters. The predicted octanol–water partition coefficient (Wildman–Crippen LogP) is 2.75. The number of allylic oxidation sites excluding steroid dienone is 1. The maximum atomic E-state index is 14.1. The molecule has 1 aliphatic heterocycles. The van der Waals surface area contributed by atoms with E-state index in [1.54, 1.807) is 17.0 Å². The molecule has 10 nitrogen and oxygen atoms in total. The molecule has 1 saturated heterocycles. The minimum atomic E-state index is -0.994. The Morgan fingerprint density at radius 3 is 2.40 bits per heavy atom. The molecule has 2 heterocycles. The van der Waals surface area contributed by atoms with Gasteiger partial charge >= 0.3 is 0 Å². The summed E-state index contributed by atoms with van der Waals surface area (Å²) in [6.07, 6.45) is 4.89. The number of aliphatic hydroxyl groups excluding tert-OH is 1. The Morgan fingerprint density at radius 1 is 1.12 bits per heavy atom. The summed E-state index contributed by atoms with van der Waals surface area (Å²) in [4.78, 5) is 41.4. The number of β-amino-alcohol motifs (C(OH)–C–C–N with tert-alkyl or cyclic N) is 1. The van der Waals surface area contributed by atoms with Crippen LogP contribution >= 0.6 is 0 Å². The number of hydrogen-bond acceptors (Lipinski definition) is 6. The van der Waals surface area contributed by atoms with Crippen LogP contribution in [-0.2, 0) is 20.8 Å². The average molecular weight is 571 g/mol. The van der Waals surface area contributed by atoms with Crippen LogP contribution in [0.15, 0.2) is 73.4 Å². The van der Waals surface area contributed by atoms with Crippen LogP contribution in [0.2, 0.25) is 0 Å². The first-order valence-corrected chi connectivity index (χ1v) is 14.4. The number of carbonyl (C=O) groups is 3. The molecule has 2 fully saturated rings. The molecular formula is C32H38N6O4. The fourth-order valence-electron chi connectivity index (χ4n) is 5.52. The van der Waals surface area contributed by atoms with Crippen molar-refractivity contribution >= 4 is 17.7 Å². The van der Waals surface area contributed by atoms with Crippen LogP contribution < -0.4 is 11.1 Å². The highest BCUT2D eigenvalue weighted by molar-refractivity contribution is 5.93. The van der Waals surface area contributed by atoms with Gasteiger partial charge in [-0.05, 0) is 29.5 Å². The van der Waals surface area contributed by atoms with E-state index >= 15 is 0 Å². The summed E-state index contributed by atoms with van der Waals surface area (Å²) in [6, 6.07) is 14.8. The fourth-order valence-corrected chi connectivity index (χ4v) is 5.52. The number of hydrogen-bond donors (Lipinski definition) is 3. The second kappa shape index (κ2) is 11.9. The van der Waals surface area contributed by atoms with E-state index in [0.717, 1.165) is 35.2 Å². The van der Waals surface area contributed by atoms with Crippen molar-refractivity contribution in [2.24, 2.45) is 11.1 Å². The molecule has 3 amide bonds. The third-order valence-electron chi connectivity index (χ3n) is 8.28. The number of carbonyl (C=O) groups excluding carboxylic acids is 3. The highest BCUT2D eigenvalue weighted by atomic mass is 16.3. The minimum Gasteiger partial charge on any atom is -0.391 e. The standard InChI is InChI=1S/C32H38N6O4/c1-4-32(2,3)28(38-19-26(35-36-38)23-14-15-23)31(42)37-18-24(39)17-27(37)30(41)34-25(29(33)40)16-20-10-12-22(13-11-20)21-8-6-5-7-9-21/h4-13,19,23-25,27-28,39H,1,14-18H2,2-3H3,(H2,33,40)(H,34,41)/t24-,25?,27+,28?/m1/s1. The zero-order chi connectivity index (χ0) is 30.0. The van der Waals surface area contributed by atoms with Crippen molar-refractivity contribution in [3.63, 3.8) is 0 Å². The van der Waals surface area contributed by atoms with E-state index < -0.39 is 41.5 Å². The van der Waals surface area contributed by atoms with E-state index in [1.165, 1.54) is 4.90 Å². The molecule has 1 aliphatic carbocycles. The molecule has 3 aromatic rings. The van der Waals surface area contributed by atoms with Gasteiger partial charge in [-0.2, -0.15) is 0 Å². The first-order valence-electron chi connectivity index (χ1n) is 14.4. The number of rotatable bonds is 11. The summed E-state index contributed by atoms with van der Waals surface area (Å²) in [7, 11) is 0. The number of benzene rings is 2. The number of amides is 3. The molecule has 4 N–H and O–H groups in total. The molecular weight excluding hydrogens is 532 g/mol. The van der Waals surface area contributed by atoms with Gasteiger partial charge in [0.25, 0.3) is 0 Å². The lowest BCUT2D eigenvalue weighted by atomic mass is 9.83. The van der Waals surface area contributed by atoms with Gasteiger partial charge in [0, 0.05) is 36.9 Å². The van der Waals surface area contributed by atoms with Gasteiger partial charge < -0.3 is 21.1 Å². The molecule has 42 heavy (non-hydrogen) atoms. The fraction of sp³-hybridized carbons (Fsp3) is 0.406. The Morgan fingerprint density at radius 2 is 1.79 bits per heavy atom.